The van der Waals surface area contributed by atoms with E-state index in [0.29, 0.717) is 46.8 Å². The van der Waals surface area contributed by atoms with Gasteiger partial charge in [-0.15, -0.1) is 0 Å². The van der Waals surface area contributed by atoms with E-state index < -0.39 is 21.9 Å². The van der Waals surface area contributed by atoms with Gasteiger partial charge in [-0.3, -0.25) is 4.72 Å². The van der Waals surface area contributed by atoms with Gasteiger partial charge in [-0.1, -0.05) is 32.9 Å². The molecule has 2 unspecified atom stereocenters. The van der Waals surface area contributed by atoms with Gasteiger partial charge in [0.05, 0.1) is 22.7 Å². The number of likely N-dealkylation sites (tertiary alicyclic amines) is 1. The van der Waals surface area contributed by atoms with Crippen LogP contribution in [0.25, 0.3) is 22.0 Å². The van der Waals surface area contributed by atoms with E-state index in [1.165, 1.54) is 11.0 Å². The number of fused-ring (bicyclic) bond motifs is 1. The van der Waals surface area contributed by atoms with Gasteiger partial charge >= 0.3 is 6.09 Å². The zero-order chi connectivity index (χ0) is 31.6. The summed E-state index contributed by atoms with van der Waals surface area (Å²) in [5.41, 5.74) is 1.68. The van der Waals surface area contributed by atoms with E-state index in [9.17, 15) is 22.7 Å². The molecule has 1 fully saturated rings. The van der Waals surface area contributed by atoms with Crippen molar-refractivity contribution < 1.29 is 27.4 Å². The third-order valence-electron chi connectivity index (χ3n) is 7.27. The molecule has 11 nitrogen and oxygen atoms in total. The predicted molar refractivity (Wildman–Crippen MR) is 167 cm³/mol. The number of nitrogens with zero attached hydrogens (tertiary/aromatic N) is 4. The standard InChI is InChI=1S/C31H35FN6O5S/c1-18(2)17-44(41,42)37-27-22-8-7-20(4)28(23(22)9-10-25(27)32)43-29-24(6-5-12-33-29)26-11-13-34-30(36-26)35-21-14-19(3)15-38(16-21)31(39)40/h5-13,18-19,21,37H,14-17H2,1-4H3,(H,39,40)(H,34,35,36). The highest BCUT2D eigenvalue weighted by molar-refractivity contribution is 7.92. The zero-order valence-electron chi connectivity index (χ0n) is 24.9. The first-order chi connectivity index (χ1) is 20.9. The van der Waals surface area contributed by atoms with Crippen LogP contribution >= 0.6 is 0 Å². The van der Waals surface area contributed by atoms with Crippen LogP contribution in [0.2, 0.25) is 0 Å². The molecule has 3 N–H and O–H groups in total. The van der Waals surface area contributed by atoms with Gasteiger partial charge in [-0.05, 0) is 61.1 Å². The molecule has 0 bridgehead atoms. The van der Waals surface area contributed by atoms with Gasteiger partial charge in [0.2, 0.25) is 21.9 Å². The average Bonchev–Trinajstić information content (AvgIpc) is 2.95. The summed E-state index contributed by atoms with van der Waals surface area (Å²) in [5, 5.41) is 13.6. The van der Waals surface area contributed by atoms with Crippen LogP contribution in [0.1, 0.15) is 32.8 Å². The lowest BCUT2D eigenvalue weighted by Gasteiger charge is -2.35. The van der Waals surface area contributed by atoms with Gasteiger partial charge in [-0.2, -0.15) is 0 Å². The van der Waals surface area contributed by atoms with Crippen molar-refractivity contribution in [2.75, 3.05) is 28.9 Å². The first-order valence-corrected chi connectivity index (χ1v) is 16.0. The number of pyridine rings is 1. The van der Waals surface area contributed by atoms with Crippen molar-refractivity contribution in [3.63, 3.8) is 0 Å². The van der Waals surface area contributed by atoms with Crippen molar-refractivity contribution in [3.8, 4) is 22.9 Å². The molecule has 5 rings (SSSR count). The summed E-state index contributed by atoms with van der Waals surface area (Å²) in [7, 11) is -3.79. The number of carboxylic acid groups (broad SMARTS) is 1. The molecule has 1 amide bonds. The SMILES string of the molecule is Cc1ccc2c(NS(=O)(=O)CC(C)C)c(F)ccc2c1Oc1ncccc1-c1ccnc(NC2CC(C)CN(C(=O)O)C2)n1. The second-order valence-electron chi connectivity index (χ2n) is 11.6. The quantitative estimate of drug-likeness (QED) is 0.201. The molecule has 2 aromatic carbocycles. The maximum absolute atomic E-state index is 15.0. The first-order valence-electron chi connectivity index (χ1n) is 14.3. The number of ether oxygens (including phenoxy) is 1. The number of aryl methyl sites for hydroxylation is 1. The Kier molecular flexibility index (Phi) is 8.86. The summed E-state index contributed by atoms with van der Waals surface area (Å²) >= 11 is 0. The minimum atomic E-state index is -3.79. The molecule has 2 aromatic heterocycles. The molecule has 13 heteroatoms. The molecule has 0 saturated carbocycles. The molecule has 1 aliphatic rings. The molecule has 232 valence electrons. The normalized spacial score (nSPS) is 17.1. The number of hydrogen-bond acceptors (Lipinski definition) is 8. The molecule has 3 heterocycles. The number of benzene rings is 2. The lowest BCUT2D eigenvalue weighted by atomic mass is 9.96. The van der Waals surface area contributed by atoms with Crippen LogP contribution in [0.5, 0.6) is 11.6 Å². The van der Waals surface area contributed by atoms with Gasteiger partial charge in [0.1, 0.15) is 11.6 Å². The van der Waals surface area contributed by atoms with Gasteiger partial charge < -0.3 is 20.1 Å². The Bertz CT molecular complexity index is 1800. The number of sulfonamides is 1. The molecule has 2 atom stereocenters. The molecular formula is C31H35FN6O5S. The van der Waals surface area contributed by atoms with Crippen molar-refractivity contribution in [1.82, 2.24) is 19.9 Å². The van der Waals surface area contributed by atoms with Crippen LogP contribution in [0.15, 0.2) is 54.9 Å². The number of anilines is 2. The molecule has 4 aromatic rings. The third kappa shape index (κ3) is 6.99. The average molecular weight is 623 g/mol. The van der Waals surface area contributed by atoms with Gasteiger partial charge in [-0.25, -0.2) is 32.6 Å². The van der Waals surface area contributed by atoms with Crippen LogP contribution in [0.4, 0.5) is 20.8 Å². The maximum atomic E-state index is 15.0. The molecule has 1 saturated heterocycles. The minimum Gasteiger partial charge on any atom is -0.465 e. The summed E-state index contributed by atoms with van der Waals surface area (Å²) in [4.78, 5) is 26.4. The molecule has 1 aliphatic heterocycles. The molecule has 0 spiro atoms. The maximum Gasteiger partial charge on any atom is 0.407 e. The smallest absolute Gasteiger partial charge is 0.407 e. The van der Waals surface area contributed by atoms with Crippen LogP contribution in [-0.2, 0) is 10.0 Å². The minimum absolute atomic E-state index is 0.140. The monoisotopic (exact) mass is 622 g/mol. The second kappa shape index (κ2) is 12.6. The second-order valence-corrected chi connectivity index (χ2v) is 13.4. The number of amides is 1. The van der Waals surface area contributed by atoms with E-state index in [4.69, 9.17) is 4.74 Å². The number of nitrogens with one attached hydrogen (secondary N) is 2. The van der Waals surface area contributed by atoms with Crippen molar-refractivity contribution in [2.24, 2.45) is 11.8 Å². The third-order valence-corrected chi connectivity index (χ3v) is 8.89. The topological polar surface area (TPSA) is 147 Å². The highest BCUT2D eigenvalue weighted by atomic mass is 32.2. The summed E-state index contributed by atoms with van der Waals surface area (Å²) in [6.45, 7) is 8.20. The van der Waals surface area contributed by atoms with Gasteiger partial charge in [0, 0.05) is 42.3 Å². The van der Waals surface area contributed by atoms with E-state index in [0.717, 1.165) is 12.0 Å². The van der Waals surface area contributed by atoms with Gasteiger partial charge in [0.25, 0.3) is 0 Å². The summed E-state index contributed by atoms with van der Waals surface area (Å²) in [6, 6.07) is 11.3. The van der Waals surface area contributed by atoms with Gasteiger partial charge in [0.15, 0.2) is 0 Å². The number of rotatable bonds is 9. The fraction of sp³-hybridized carbons (Fsp3) is 0.355. The van der Waals surface area contributed by atoms with Crippen LogP contribution in [0, 0.1) is 24.6 Å². The Morgan fingerprint density at radius 2 is 1.89 bits per heavy atom. The molecule has 44 heavy (non-hydrogen) atoms. The van der Waals surface area contributed by atoms with E-state index in [1.54, 1.807) is 62.6 Å². The van der Waals surface area contributed by atoms with Crippen molar-refractivity contribution in [3.05, 3.63) is 66.2 Å². The Hall–Kier alpha value is -4.52. The Balaban J connectivity index is 1.47. The van der Waals surface area contributed by atoms with E-state index in [-0.39, 0.29) is 35.2 Å². The molecule has 0 radical (unpaired) electrons. The first kappa shape index (κ1) is 30.9. The predicted octanol–water partition coefficient (Wildman–Crippen LogP) is 6.13. The zero-order valence-corrected chi connectivity index (χ0v) is 25.7. The fourth-order valence-corrected chi connectivity index (χ4v) is 6.95. The fourth-order valence-electron chi connectivity index (χ4n) is 5.47. The summed E-state index contributed by atoms with van der Waals surface area (Å²) in [5.74, 6) is 0.170. The van der Waals surface area contributed by atoms with Crippen LogP contribution in [-0.4, -0.2) is 64.4 Å². The highest BCUT2D eigenvalue weighted by Gasteiger charge is 2.28. The number of hydrogen-bond donors (Lipinski definition) is 3. The lowest BCUT2D eigenvalue weighted by Crippen LogP contribution is -2.47. The highest BCUT2D eigenvalue weighted by Crippen LogP contribution is 2.39. The van der Waals surface area contributed by atoms with E-state index in [2.05, 4.69) is 25.0 Å². The number of piperidine rings is 1. The molecular weight excluding hydrogens is 587 g/mol. The summed E-state index contributed by atoms with van der Waals surface area (Å²) < 4.78 is 49.2. The van der Waals surface area contributed by atoms with Crippen LogP contribution < -0.4 is 14.8 Å². The van der Waals surface area contributed by atoms with E-state index in [1.807, 2.05) is 13.8 Å². The number of carbonyl (C=O) groups is 1. The Morgan fingerprint density at radius 3 is 2.64 bits per heavy atom. The Morgan fingerprint density at radius 1 is 1.11 bits per heavy atom. The van der Waals surface area contributed by atoms with Crippen molar-refractivity contribution in [1.29, 1.82) is 0 Å². The number of halogens is 1. The van der Waals surface area contributed by atoms with Crippen LogP contribution in [0.3, 0.4) is 0 Å². The number of aromatic nitrogens is 3. The largest absolute Gasteiger partial charge is 0.465 e. The lowest BCUT2D eigenvalue weighted by molar-refractivity contribution is 0.119. The van der Waals surface area contributed by atoms with E-state index >= 15 is 0 Å². The van der Waals surface area contributed by atoms with Crippen molar-refractivity contribution >= 4 is 38.5 Å². The molecule has 0 aliphatic carbocycles. The Labute approximate surface area is 255 Å². The van der Waals surface area contributed by atoms with Crippen molar-refractivity contribution in [2.45, 2.75) is 40.2 Å². The summed E-state index contributed by atoms with van der Waals surface area (Å²) in [6.07, 6.45) is 3.00.